The second-order valence-electron chi connectivity index (χ2n) is 6.18. The van der Waals surface area contributed by atoms with Crippen LogP contribution in [0, 0.1) is 5.41 Å². The van der Waals surface area contributed by atoms with Gasteiger partial charge in [0.15, 0.2) is 0 Å². The molecule has 3 amide bonds. The average molecular weight is 281 g/mol. The van der Waals surface area contributed by atoms with Crippen molar-refractivity contribution < 1.29 is 14.4 Å². The molecule has 4 N–H and O–H groups in total. The van der Waals surface area contributed by atoms with Crippen LogP contribution in [0.5, 0.6) is 0 Å². The fourth-order valence-corrected chi connectivity index (χ4v) is 3.58. The molecule has 6 nitrogen and oxygen atoms in total. The number of carbonyl (C=O) groups is 3. The van der Waals surface area contributed by atoms with Crippen molar-refractivity contribution in [3.8, 4) is 0 Å². The highest BCUT2D eigenvalue weighted by Crippen LogP contribution is 2.44. The summed E-state index contributed by atoms with van der Waals surface area (Å²) in [5, 5.41) is 0. The molecule has 20 heavy (non-hydrogen) atoms. The van der Waals surface area contributed by atoms with Crippen LogP contribution in [0.15, 0.2) is 0 Å². The van der Waals surface area contributed by atoms with E-state index in [9.17, 15) is 14.4 Å². The number of amides is 3. The summed E-state index contributed by atoms with van der Waals surface area (Å²) in [6, 6.07) is -0.698. The van der Waals surface area contributed by atoms with Crippen molar-refractivity contribution >= 4 is 17.7 Å². The Bertz CT molecular complexity index is 416. The average Bonchev–Trinajstić information content (AvgIpc) is 2.66. The molecule has 1 heterocycles. The molecule has 0 aromatic rings. The fourth-order valence-electron chi connectivity index (χ4n) is 3.58. The maximum atomic E-state index is 12.2. The van der Waals surface area contributed by atoms with Crippen LogP contribution in [0.25, 0.3) is 0 Å². The van der Waals surface area contributed by atoms with Gasteiger partial charge in [-0.2, -0.15) is 0 Å². The van der Waals surface area contributed by atoms with E-state index in [1.807, 2.05) is 0 Å². The zero-order valence-electron chi connectivity index (χ0n) is 11.8. The Morgan fingerprint density at radius 3 is 2.40 bits per heavy atom. The van der Waals surface area contributed by atoms with E-state index >= 15 is 0 Å². The van der Waals surface area contributed by atoms with E-state index in [-0.39, 0.29) is 24.2 Å². The molecule has 1 aliphatic carbocycles. The van der Waals surface area contributed by atoms with Gasteiger partial charge >= 0.3 is 0 Å². The van der Waals surface area contributed by atoms with Crippen molar-refractivity contribution in [2.45, 2.75) is 57.4 Å². The van der Waals surface area contributed by atoms with Gasteiger partial charge in [-0.25, -0.2) is 0 Å². The topological polar surface area (TPSA) is 106 Å². The summed E-state index contributed by atoms with van der Waals surface area (Å²) < 4.78 is 0. The van der Waals surface area contributed by atoms with E-state index in [4.69, 9.17) is 11.5 Å². The number of likely N-dealkylation sites (tertiary alicyclic amines) is 1. The van der Waals surface area contributed by atoms with Gasteiger partial charge in [0.1, 0.15) is 6.04 Å². The molecular formula is C14H23N3O3. The minimum Gasteiger partial charge on any atom is -0.370 e. The molecule has 1 spiro atoms. The Morgan fingerprint density at radius 2 is 1.85 bits per heavy atom. The molecule has 6 heteroatoms. The van der Waals surface area contributed by atoms with Gasteiger partial charge in [-0.05, 0) is 24.7 Å². The van der Waals surface area contributed by atoms with Gasteiger partial charge in [-0.1, -0.05) is 19.3 Å². The van der Waals surface area contributed by atoms with E-state index in [1.54, 1.807) is 4.90 Å². The van der Waals surface area contributed by atoms with E-state index < -0.39 is 17.9 Å². The third kappa shape index (κ3) is 3.11. The predicted molar refractivity (Wildman–Crippen MR) is 73.3 cm³/mol. The monoisotopic (exact) mass is 281 g/mol. The highest BCUT2D eigenvalue weighted by Gasteiger charge is 2.46. The van der Waals surface area contributed by atoms with Gasteiger partial charge < -0.3 is 16.4 Å². The van der Waals surface area contributed by atoms with Crippen LogP contribution >= 0.6 is 0 Å². The van der Waals surface area contributed by atoms with Crippen molar-refractivity contribution in [3.63, 3.8) is 0 Å². The maximum Gasteiger partial charge on any atom is 0.240 e. The molecule has 0 aromatic carbocycles. The maximum absolute atomic E-state index is 12.2. The van der Waals surface area contributed by atoms with Crippen LogP contribution in [0.4, 0.5) is 0 Å². The number of nitrogens with zero attached hydrogens (tertiary/aromatic N) is 1. The molecule has 112 valence electrons. The van der Waals surface area contributed by atoms with Gasteiger partial charge in [0.05, 0.1) is 0 Å². The first-order valence-corrected chi connectivity index (χ1v) is 7.31. The Hall–Kier alpha value is -1.59. The SMILES string of the molecule is NC(=O)CCC(C(N)=O)N1CC2(CCCCC2)CC1=O. The summed E-state index contributed by atoms with van der Waals surface area (Å²) in [6.45, 7) is 0.595. The highest BCUT2D eigenvalue weighted by molar-refractivity contribution is 5.88. The molecule has 2 fully saturated rings. The number of hydrogen-bond acceptors (Lipinski definition) is 3. The van der Waals surface area contributed by atoms with Crippen molar-refractivity contribution in [2.75, 3.05) is 6.54 Å². The van der Waals surface area contributed by atoms with Crippen molar-refractivity contribution in [3.05, 3.63) is 0 Å². The lowest BCUT2D eigenvalue weighted by atomic mass is 9.73. The van der Waals surface area contributed by atoms with Crippen LogP contribution in [0.1, 0.15) is 51.4 Å². The van der Waals surface area contributed by atoms with E-state index in [0.29, 0.717) is 13.0 Å². The molecule has 1 aliphatic heterocycles. The lowest BCUT2D eigenvalue weighted by Crippen LogP contribution is -2.46. The van der Waals surface area contributed by atoms with E-state index in [1.165, 1.54) is 6.42 Å². The first-order chi connectivity index (χ1) is 9.43. The lowest BCUT2D eigenvalue weighted by molar-refractivity contribution is -0.136. The van der Waals surface area contributed by atoms with Crippen molar-refractivity contribution in [1.29, 1.82) is 0 Å². The lowest BCUT2D eigenvalue weighted by Gasteiger charge is -2.34. The number of rotatable bonds is 5. The Balaban J connectivity index is 2.07. The first kappa shape index (κ1) is 14.8. The quantitative estimate of drug-likeness (QED) is 0.756. The summed E-state index contributed by atoms with van der Waals surface area (Å²) in [4.78, 5) is 36.3. The minimum atomic E-state index is -0.698. The van der Waals surface area contributed by atoms with Crippen LogP contribution in [0.2, 0.25) is 0 Å². The molecule has 0 bridgehead atoms. The summed E-state index contributed by atoms with van der Waals surface area (Å²) in [6.07, 6.45) is 6.39. The fraction of sp³-hybridized carbons (Fsp3) is 0.786. The molecular weight excluding hydrogens is 258 g/mol. The highest BCUT2D eigenvalue weighted by atomic mass is 16.2. The van der Waals surface area contributed by atoms with Crippen molar-refractivity contribution in [2.24, 2.45) is 16.9 Å². The Morgan fingerprint density at radius 1 is 1.20 bits per heavy atom. The summed E-state index contributed by atoms with van der Waals surface area (Å²) in [5.41, 5.74) is 10.5. The molecule has 2 aliphatic rings. The third-order valence-corrected chi connectivity index (χ3v) is 4.64. The summed E-state index contributed by atoms with van der Waals surface area (Å²) in [5.74, 6) is -1.04. The Labute approximate surface area is 118 Å². The molecule has 0 radical (unpaired) electrons. The molecule has 1 saturated heterocycles. The number of hydrogen-bond donors (Lipinski definition) is 2. The second kappa shape index (κ2) is 5.81. The van der Waals surface area contributed by atoms with E-state index in [0.717, 1.165) is 25.7 Å². The molecule has 2 rings (SSSR count). The third-order valence-electron chi connectivity index (χ3n) is 4.64. The van der Waals surface area contributed by atoms with Crippen LogP contribution < -0.4 is 11.5 Å². The second-order valence-corrected chi connectivity index (χ2v) is 6.18. The number of nitrogens with two attached hydrogens (primary N) is 2. The van der Waals surface area contributed by atoms with Gasteiger partial charge in [-0.3, -0.25) is 14.4 Å². The molecule has 1 unspecified atom stereocenters. The standard InChI is InChI=1S/C14H23N3O3/c15-11(18)5-4-10(13(16)20)17-9-14(8-12(17)19)6-2-1-3-7-14/h10H,1-9H2,(H2,15,18)(H2,16,20). The van der Waals surface area contributed by atoms with E-state index in [2.05, 4.69) is 0 Å². The Kier molecular flexibility index (Phi) is 4.30. The first-order valence-electron chi connectivity index (χ1n) is 7.31. The normalized spacial score (nSPS) is 23.0. The minimum absolute atomic E-state index is 0.0137. The molecule has 1 atom stereocenters. The zero-order chi connectivity index (χ0) is 14.8. The van der Waals surface area contributed by atoms with Crippen molar-refractivity contribution in [1.82, 2.24) is 4.90 Å². The molecule has 0 aromatic heterocycles. The van der Waals surface area contributed by atoms with Crippen LogP contribution in [0.3, 0.4) is 0 Å². The van der Waals surface area contributed by atoms with Gasteiger partial charge in [0, 0.05) is 19.4 Å². The van der Waals surface area contributed by atoms with Crippen LogP contribution in [-0.4, -0.2) is 35.2 Å². The summed E-state index contributed by atoms with van der Waals surface area (Å²) >= 11 is 0. The van der Waals surface area contributed by atoms with Gasteiger partial charge in [-0.15, -0.1) is 0 Å². The predicted octanol–water partition coefficient (Wildman–Crippen LogP) is 0.289. The number of carbonyl (C=O) groups excluding carboxylic acids is 3. The number of primary amides is 2. The van der Waals surface area contributed by atoms with Gasteiger partial charge in [0.25, 0.3) is 0 Å². The molecule has 1 saturated carbocycles. The van der Waals surface area contributed by atoms with Crippen LogP contribution in [-0.2, 0) is 14.4 Å². The zero-order valence-corrected chi connectivity index (χ0v) is 11.8. The largest absolute Gasteiger partial charge is 0.370 e. The smallest absolute Gasteiger partial charge is 0.240 e. The summed E-state index contributed by atoms with van der Waals surface area (Å²) in [7, 11) is 0. The van der Waals surface area contributed by atoms with Gasteiger partial charge in [0.2, 0.25) is 17.7 Å².